The van der Waals surface area contributed by atoms with E-state index in [1.165, 1.54) is 77.3 Å². The molecule has 1 saturated heterocycles. The maximum atomic E-state index is 2.69. The largest absolute Gasteiger partial charge is 0.375 e. The topological polar surface area (TPSA) is 3.24 Å². The highest BCUT2D eigenvalue weighted by Crippen LogP contribution is 2.64. The third kappa shape index (κ3) is 2.40. The average Bonchev–Trinajstić information content (AvgIpc) is 3.29. The molecule has 5 aliphatic rings. The first-order chi connectivity index (χ1) is 12.2. The first-order valence-electron chi connectivity index (χ1n) is 11.4. The summed E-state index contributed by atoms with van der Waals surface area (Å²) >= 11 is 0. The van der Waals surface area contributed by atoms with Crippen molar-refractivity contribution in [3.05, 3.63) is 23.4 Å². The molecule has 0 radical (unpaired) electrons. The van der Waals surface area contributed by atoms with E-state index in [9.17, 15) is 0 Å². The number of nitrogens with zero attached hydrogens (tertiary/aromatic N) is 1. The number of allylic oxidation sites excluding steroid dienone is 4. The second kappa shape index (κ2) is 6.17. The molecule has 5 rings (SSSR count). The smallest absolute Gasteiger partial charge is 0.0175 e. The Morgan fingerprint density at radius 3 is 2.72 bits per heavy atom. The van der Waals surface area contributed by atoms with E-state index in [1.807, 2.05) is 0 Å². The molecule has 1 heterocycles. The zero-order valence-corrected chi connectivity index (χ0v) is 16.5. The Hall–Kier alpha value is -0.720. The van der Waals surface area contributed by atoms with Crippen LogP contribution in [0.25, 0.3) is 0 Å². The van der Waals surface area contributed by atoms with Crippen LogP contribution in [0.15, 0.2) is 23.4 Å². The van der Waals surface area contributed by atoms with Crippen molar-refractivity contribution < 1.29 is 0 Å². The molecule has 0 bridgehead atoms. The lowest BCUT2D eigenvalue weighted by molar-refractivity contribution is -0.0210. The molecule has 0 aromatic rings. The van der Waals surface area contributed by atoms with Gasteiger partial charge in [-0.2, -0.15) is 0 Å². The van der Waals surface area contributed by atoms with Crippen molar-refractivity contribution in [2.24, 2.45) is 35.0 Å². The zero-order valence-electron chi connectivity index (χ0n) is 16.5. The molecule has 6 unspecified atom stereocenters. The molecule has 25 heavy (non-hydrogen) atoms. The lowest BCUT2D eigenvalue weighted by Gasteiger charge is -2.54. The molecule has 138 valence electrons. The van der Waals surface area contributed by atoms with Crippen molar-refractivity contribution in [3.8, 4) is 0 Å². The van der Waals surface area contributed by atoms with Gasteiger partial charge < -0.3 is 4.90 Å². The van der Waals surface area contributed by atoms with Crippen LogP contribution in [0.1, 0.15) is 78.1 Å². The van der Waals surface area contributed by atoms with Gasteiger partial charge in [-0.15, -0.1) is 0 Å². The van der Waals surface area contributed by atoms with E-state index in [0.717, 1.165) is 29.6 Å². The minimum Gasteiger partial charge on any atom is -0.375 e. The Balaban J connectivity index is 1.41. The molecule has 0 spiro atoms. The fraction of sp³-hybridized carbons (Fsp3) is 0.833. The number of hydrogen-bond donors (Lipinski definition) is 0. The molecule has 1 nitrogen and oxygen atoms in total. The van der Waals surface area contributed by atoms with Gasteiger partial charge in [0.2, 0.25) is 0 Å². The Kier molecular flexibility index (Phi) is 4.06. The Bertz CT molecular complexity index is 581. The highest BCUT2D eigenvalue weighted by molar-refractivity contribution is 5.33. The molecule has 4 aliphatic carbocycles. The highest BCUT2D eigenvalue weighted by Gasteiger charge is 2.55. The van der Waals surface area contributed by atoms with Crippen LogP contribution in [0.3, 0.4) is 0 Å². The first-order valence-corrected chi connectivity index (χ1v) is 11.4. The standard InChI is InChI=1S/C24H37N/c1-3-24-13-12-21-20-10-8-19(25-14-4-5-15-25)16-18(20)7-9-22(21)23(24)11-6-17(24)2/h7,16-17,20-23H,3-6,8-15H2,1-2H3. The van der Waals surface area contributed by atoms with Gasteiger partial charge in [-0.1, -0.05) is 19.9 Å². The second-order valence-corrected chi connectivity index (χ2v) is 9.95. The monoisotopic (exact) mass is 339 g/mol. The molecular formula is C24H37N. The molecule has 0 N–H and O–H groups in total. The van der Waals surface area contributed by atoms with Gasteiger partial charge in [0.15, 0.2) is 0 Å². The molecule has 1 heteroatoms. The summed E-state index contributed by atoms with van der Waals surface area (Å²) in [6.45, 7) is 7.69. The van der Waals surface area contributed by atoms with Crippen molar-refractivity contribution in [1.82, 2.24) is 4.90 Å². The van der Waals surface area contributed by atoms with Crippen molar-refractivity contribution in [1.29, 1.82) is 0 Å². The van der Waals surface area contributed by atoms with E-state index < -0.39 is 0 Å². The van der Waals surface area contributed by atoms with E-state index in [4.69, 9.17) is 0 Å². The van der Waals surface area contributed by atoms with Crippen LogP contribution in [0.5, 0.6) is 0 Å². The van der Waals surface area contributed by atoms with Crippen LogP contribution in [0, 0.1) is 35.0 Å². The number of rotatable bonds is 2. The number of likely N-dealkylation sites (tertiary alicyclic amines) is 1. The maximum Gasteiger partial charge on any atom is 0.0175 e. The van der Waals surface area contributed by atoms with Crippen LogP contribution >= 0.6 is 0 Å². The van der Waals surface area contributed by atoms with Crippen LogP contribution in [0.2, 0.25) is 0 Å². The van der Waals surface area contributed by atoms with Crippen molar-refractivity contribution in [2.45, 2.75) is 78.1 Å². The van der Waals surface area contributed by atoms with E-state index in [1.54, 1.807) is 11.3 Å². The van der Waals surface area contributed by atoms with Gasteiger partial charge >= 0.3 is 0 Å². The SMILES string of the molecule is CCC12CCC3C4CCC(N5CCCC5)=CC4=CCC3C1CCC2C. The summed E-state index contributed by atoms with van der Waals surface area (Å²) in [7, 11) is 0. The van der Waals surface area contributed by atoms with E-state index >= 15 is 0 Å². The maximum absolute atomic E-state index is 2.69. The van der Waals surface area contributed by atoms with Gasteiger partial charge in [0.1, 0.15) is 0 Å². The molecule has 6 atom stereocenters. The molecule has 3 fully saturated rings. The van der Waals surface area contributed by atoms with E-state index in [-0.39, 0.29) is 0 Å². The minimum atomic E-state index is 0.706. The molecule has 1 aliphatic heterocycles. The van der Waals surface area contributed by atoms with Gasteiger partial charge in [0, 0.05) is 18.8 Å². The van der Waals surface area contributed by atoms with Gasteiger partial charge in [0.25, 0.3) is 0 Å². The highest BCUT2D eigenvalue weighted by atomic mass is 15.1. The predicted molar refractivity (Wildman–Crippen MR) is 105 cm³/mol. The molecule has 0 aromatic carbocycles. The van der Waals surface area contributed by atoms with Crippen molar-refractivity contribution >= 4 is 0 Å². The Morgan fingerprint density at radius 2 is 1.92 bits per heavy atom. The molecule has 0 aromatic heterocycles. The fourth-order valence-corrected chi connectivity index (χ4v) is 8.06. The summed E-state index contributed by atoms with van der Waals surface area (Å²) in [6.07, 6.45) is 19.8. The Labute approximate surface area is 154 Å². The summed E-state index contributed by atoms with van der Waals surface area (Å²) in [6, 6.07) is 0. The predicted octanol–water partition coefficient (Wildman–Crippen LogP) is 6.17. The van der Waals surface area contributed by atoms with Gasteiger partial charge in [-0.3, -0.25) is 0 Å². The van der Waals surface area contributed by atoms with Crippen LogP contribution in [-0.4, -0.2) is 18.0 Å². The van der Waals surface area contributed by atoms with Crippen LogP contribution < -0.4 is 0 Å². The average molecular weight is 340 g/mol. The van der Waals surface area contributed by atoms with Crippen LogP contribution in [0.4, 0.5) is 0 Å². The van der Waals surface area contributed by atoms with Crippen molar-refractivity contribution in [3.63, 3.8) is 0 Å². The number of hydrogen-bond acceptors (Lipinski definition) is 1. The van der Waals surface area contributed by atoms with E-state index in [2.05, 4.69) is 30.9 Å². The van der Waals surface area contributed by atoms with Gasteiger partial charge in [-0.25, -0.2) is 0 Å². The third-order valence-electron chi connectivity index (χ3n) is 9.43. The lowest BCUT2D eigenvalue weighted by atomic mass is 9.51. The normalized spacial score (nSPS) is 46.2. The van der Waals surface area contributed by atoms with Crippen LogP contribution in [-0.2, 0) is 0 Å². The zero-order chi connectivity index (χ0) is 17.0. The summed E-state index contributed by atoms with van der Waals surface area (Å²) < 4.78 is 0. The first kappa shape index (κ1) is 16.5. The summed E-state index contributed by atoms with van der Waals surface area (Å²) in [5.74, 6) is 4.92. The molecular weight excluding hydrogens is 302 g/mol. The minimum absolute atomic E-state index is 0.706. The number of fused-ring (bicyclic) bond motifs is 5. The summed E-state index contributed by atoms with van der Waals surface area (Å²) in [5.41, 5.74) is 4.12. The quantitative estimate of drug-likeness (QED) is 0.581. The van der Waals surface area contributed by atoms with Gasteiger partial charge in [-0.05, 0) is 111 Å². The molecule has 0 amide bonds. The van der Waals surface area contributed by atoms with E-state index in [0.29, 0.717) is 5.41 Å². The lowest BCUT2D eigenvalue weighted by Crippen LogP contribution is -2.46. The molecule has 2 saturated carbocycles. The van der Waals surface area contributed by atoms with Gasteiger partial charge in [0.05, 0.1) is 0 Å². The van der Waals surface area contributed by atoms with Crippen molar-refractivity contribution in [2.75, 3.05) is 13.1 Å². The summed E-state index contributed by atoms with van der Waals surface area (Å²) in [5, 5.41) is 0. The third-order valence-corrected chi connectivity index (χ3v) is 9.43. The second-order valence-electron chi connectivity index (χ2n) is 9.95. The Morgan fingerprint density at radius 1 is 1.08 bits per heavy atom. The fourth-order valence-electron chi connectivity index (χ4n) is 8.06. The summed E-state index contributed by atoms with van der Waals surface area (Å²) in [4.78, 5) is 2.69.